The van der Waals surface area contributed by atoms with E-state index >= 15 is 0 Å². The Morgan fingerprint density at radius 1 is 1.46 bits per heavy atom. The minimum Gasteiger partial charge on any atom is -0.461 e. The molecule has 2 rings (SSSR count). The van der Waals surface area contributed by atoms with Gasteiger partial charge in [0.15, 0.2) is 11.2 Å². The van der Waals surface area contributed by atoms with Crippen LogP contribution in [0.2, 0.25) is 0 Å². The fourth-order valence-electron chi connectivity index (χ4n) is 3.63. The highest BCUT2D eigenvalue weighted by Crippen LogP contribution is 2.47. The third-order valence-corrected chi connectivity index (χ3v) is 4.78. The first-order valence-electron chi connectivity index (χ1n) is 8.62. The summed E-state index contributed by atoms with van der Waals surface area (Å²) in [5, 5.41) is 19.5. The van der Waals surface area contributed by atoms with Gasteiger partial charge in [0.2, 0.25) is 0 Å². The molecule has 0 saturated carbocycles. The van der Waals surface area contributed by atoms with Crippen LogP contribution in [0.5, 0.6) is 0 Å². The van der Waals surface area contributed by atoms with Crippen LogP contribution in [0, 0.1) is 34.0 Å². The Balaban J connectivity index is 2.30. The zero-order valence-electron chi connectivity index (χ0n) is 15.1. The number of esters is 1. The highest BCUT2D eigenvalue weighted by molar-refractivity contribution is 5.66. The van der Waals surface area contributed by atoms with Crippen LogP contribution in [0.4, 0.5) is 0 Å². The van der Waals surface area contributed by atoms with Gasteiger partial charge < -0.3 is 14.2 Å². The van der Waals surface area contributed by atoms with Crippen LogP contribution in [0.3, 0.4) is 0 Å². The molecule has 2 aliphatic rings. The highest BCUT2D eigenvalue weighted by atomic mass is 16.7. The summed E-state index contributed by atoms with van der Waals surface area (Å²) in [6.45, 7) is 10.2. The quantitative estimate of drug-likeness (QED) is 0.514. The molecule has 138 valence electrons. The van der Waals surface area contributed by atoms with Crippen molar-refractivity contribution in [3.63, 3.8) is 0 Å². The molecule has 0 aromatic carbocycles. The van der Waals surface area contributed by atoms with Crippen LogP contribution in [0.25, 0.3) is 0 Å². The molecule has 0 amide bonds. The van der Waals surface area contributed by atoms with Gasteiger partial charge in [-0.1, -0.05) is 18.7 Å². The van der Waals surface area contributed by atoms with Gasteiger partial charge in [0.25, 0.3) is 0 Å². The van der Waals surface area contributed by atoms with Crippen molar-refractivity contribution in [1.82, 2.24) is 0 Å². The second kappa shape index (κ2) is 8.31. The lowest BCUT2D eigenvalue weighted by Crippen LogP contribution is -2.39. The predicted octanol–water partition coefficient (Wildman–Crippen LogP) is 3.18. The second-order valence-corrected chi connectivity index (χ2v) is 6.73. The predicted molar refractivity (Wildman–Crippen MR) is 94.3 cm³/mol. The van der Waals surface area contributed by atoms with Crippen LogP contribution in [-0.2, 0) is 19.0 Å². The largest absolute Gasteiger partial charge is 0.461 e. The standard InChI is InChI=1S/C20H24N2O4/c1-4-6-19(13-21,14-22)18-5-7-20(25-8-9-26-20)11-17(18)10-15(2)12-24-16(3)23/h4-5,17H,1-2,6-12H2,3H3. The van der Waals surface area contributed by atoms with Gasteiger partial charge in [0.05, 0.1) is 25.4 Å². The number of hydrogen-bond donors (Lipinski definition) is 0. The van der Waals surface area contributed by atoms with E-state index in [4.69, 9.17) is 14.2 Å². The molecule has 0 aromatic rings. The van der Waals surface area contributed by atoms with Crippen molar-refractivity contribution in [2.24, 2.45) is 11.3 Å². The van der Waals surface area contributed by atoms with Gasteiger partial charge >= 0.3 is 5.97 Å². The van der Waals surface area contributed by atoms with E-state index in [9.17, 15) is 15.3 Å². The lowest BCUT2D eigenvalue weighted by molar-refractivity contribution is -0.169. The fourth-order valence-corrected chi connectivity index (χ4v) is 3.63. The minimum absolute atomic E-state index is 0.112. The lowest BCUT2D eigenvalue weighted by Gasteiger charge is -2.39. The topological polar surface area (TPSA) is 92.3 Å². The second-order valence-electron chi connectivity index (χ2n) is 6.73. The van der Waals surface area contributed by atoms with E-state index in [0.717, 1.165) is 11.1 Å². The summed E-state index contributed by atoms with van der Waals surface area (Å²) < 4.78 is 16.6. The zero-order chi connectivity index (χ0) is 19.2. The molecular weight excluding hydrogens is 332 g/mol. The summed E-state index contributed by atoms with van der Waals surface area (Å²) in [5.74, 6) is -1.25. The molecule has 0 aromatic heterocycles. The summed E-state index contributed by atoms with van der Waals surface area (Å²) in [5.41, 5.74) is 0.194. The SMILES string of the molecule is C=CCC(C#N)(C#N)C1=CCC2(CC1CC(=C)COC(C)=O)OCCO2. The minimum atomic E-state index is -1.27. The molecule has 0 bridgehead atoms. The molecule has 26 heavy (non-hydrogen) atoms. The van der Waals surface area contributed by atoms with Gasteiger partial charge in [-0.15, -0.1) is 6.58 Å². The summed E-state index contributed by atoms with van der Waals surface area (Å²) >= 11 is 0. The third-order valence-electron chi connectivity index (χ3n) is 4.78. The summed E-state index contributed by atoms with van der Waals surface area (Å²) in [4.78, 5) is 11.0. The molecule has 6 nitrogen and oxygen atoms in total. The van der Waals surface area contributed by atoms with E-state index in [2.05, 4.69) is 25.3 Å². The molecule has 6 heteroatoms. The van der Waals surface area contributed by atoms with E-state index in [1.54, 1.807) is 6.08 Å². The Bertz CT molecular complexity index is 676. The van der Waals surface area contributed by atoms with Gasteiger partial charge in [-0.2, -0.15) is 10.5 Å². The number of nitriles is 2. The first-order chi connectivity index (χ1) is 12.4. The number of ether oxygens (including phenoxy) is 3. The van der Waals surface area contributed by atoms with Crippen molar-refractivity contribution in [3.8, 4) is 12.1 Å². The number of carbonyl (C=O) groups excluding carboxylic acids is 1. The normalized spacial score (nSPS) is 21.3. The molecule has 1 aliphatic heterocycles. The first-order valence-corrected chi connectivity index (χ1v) is 8.62. The number of nitrogens with zero attached hydrogens (tertiary/aromatic N) is 2. The molecule has 1 fully saturated rings. The summed E-state index contributed by atoms with van der Waals surface area (Å²) in [6.07, 6.45) is 5.24. The van der Waals surface area contributed by atoms with Crippen LogP contribution in [0.1, 0.15) is 32.6 Å². The molecule has 1 spiro atoms. The van der Waals surface area contributed by atoms with Crippen molar-refractivity contribution >= 4 is 5.97 Å². The van der Waals surface area contributed by atoms with Gasteiger partial charge in [-0.25, -0.2) is 0 Å². The van der Waals surface area contributed by atoms with Crippen LogP contribution < -0.4 is 0 Å². The Morgan fingerprint density at radius 3 is 2.65 bits per heavy atom. The van der Waals surface area contributed by atoms with Crippen LogP contribution in [0.15, 0.2) is 36.5 Å². The number of allylic oxidation sites excluding steroid dienone is 2. The molecule has 0 N–H and O–H groups in total. The maximum absolute atomic E-state index is 11.0. The Labute approximate surface area is 154 Å². The summed E-state index contributed by atoms with van der Waals surface area (Å²) in [6, 6.07) is 4.34. The zero-order valence-corrected chi connectivity index (χ0v) is 15.1. The monoisotopic (exact) mass is 356 g/mol. The summed E-state index contributed by atoms with van der Waals surface area (Å²) in [7, 11) is 0. The number of rotatable bonds is 7. The van der Waals surface area contributed by atoms with Crippen LogP contribution >= 0.6 is 0 Å². The molecule has 1 saturated heterocycles. The lowest BCUT2D eigenvalue weighted by atomic mass is 9.67. The molecule has 1 atom stereocenters. The Hall–Kier alpha value is -2.41. The smallest absolute Gasteiger partial charge is 0.302 e. The van der Waals surface area contributed by atoms with Gasteiger partial charge in [0, 0.05) is 26.2 Å². The van der Waals surface area contributed by atoms with E-state index in [1.807, 2.05) is 6.08 Å². The number of carbonyl (C=O) groups is 1. The van der Waals surface area contributed by atoms with Crippen molar-refractivity contribution < 1.29 is 19.0 Å². The van der Waals surface area contributed by atoms with E-state index in [-0.39, 0.29) is 24.9 Å². The van der Waals surface area contributed by atoms with Gasteiger partial charge in [0.1, 0.15) is 6.61 Å². The maximum atomic E-state index is 11.0. The molecule has 1 aliphatic carbocycles. The maximum Gasteiger partial charge on any atom is 0.302 e. The first kappa shape index (κ1) is 19.9. The molecule has 1 heterocycles. The Kier molecular flexibility index (Phi) is 6.37. The average molecular weight is 356 g/mol. The van der Waals surface area contributed by atoms with Crippen molar-refractivity contribution in [2.75, 3.05) is 19.8 Å². The van der Waals surface area contributed by atoms with Crippen molar-refractivity contribution in [1.29, 1.82) is 10.5 Å². The number of hydrogen-bond acceptors (Lipinski definition) is 6. The van der Waals surface area contributed by atoms with Crippen molar-refractivity contribution in [2.45, 2.75) is 38.4 Å². The molecule has 0 radical (unpaired) electrons. The average Bonchev–Trinajstić information content (AvgIpc) is 3.06. The Morgan fingerprint density at radius 2 is 2.12 bits per heavy atom. The highest BCUT2D eigenvalue weighted by Gasteiger charge is 2.47. The van der Waals surface area contributed by atoms with Gasteiger partial charge in [-0.05, 0) is 23.5 Å². The fraction of sp³-hybridized carbons (Fsp3) is 0.550. The van der Waals surface area contributed by atoms with Crippen molar-refractivity contribution in [3.05, 3.63) is 36.5 Å². The third kappa shape index (κ3) is 4.22. The van der Waals surface area contributed by atoms with Crippen LogP contribution in [-0.4, -0.2) is 31.6 Å². The van der Waals surface area contributed by atoms with E-state index in [1.165, 1.54) is 6.92 Å². The molecular formula is C20H24N2O4. The van der Waals surface area contributed by atoms with E-state index in [0.29, 0.717) is 32.5 Å². The van der Waals surface area contributed by atoms with Gasteiger partial charge in [-0.3, -0.25) is 4.79 Å². The molecule has 1 unspecified atom stereocenters. The van der Waals surface area contributed by atoms with E-state index < -0.39 is 11.2 Å².